The predicted octanol–water partition coefficient (Wildman–Crippen LogP) is 2.26. The molecule has 0 aromatic heterocycles. The molecule has 132 valence electrons. The number of likely N-dealkylation sites (tertiary alicyclic amines) is 1. The van der Waals surface area contributed by atoms with Crippen molar-refractivity contribution in [1.29, 1.82) is 5.26 Å². The van der Waals surface area contributed by atoms with E-state index >= 15 is 0 Å². The van der Waals surface area contributed by atoms with Crippen LogP contribution in [0.25, 0.3) is 0 Å². The zero-order valence-corrected chi connectivity index (χ0v) is 14.0. The lowest BCUT2D eigenvalue weighted by Gasteiger charge is -2.17. The lowest BCUT2D eigenvalue weighted by atomic mass is 9.89. The summed E-state index contributed by atoms with van der Waals surface area (Å²) >= 11 is 0. The van der Waals surface area contributed by atoms with Gasteiger partial charge in [0, 0.05) is 19.0 Å². The van der Waals surface area contributed by atoms with Crippen LogP contribution in [0.5, 0.6) is 5.75 Å². The minimum absolute atomic E-state index is 0.167. The highest BCUT2D eigenvalue weighted by molar-refractivity contribution is 5.80. The molecule has 1 N–H and O–H groups in total. The number of carboxylic acid groups (broad SMARTS) is 1. The maximum absolute atomic E-state index is 12.4. The van der Waals surface area contributed by atoms with Crippen LogP contribution in [0.15, 0.2) is 54.6 Å². The van der Waals surface area contributed by atoms with Crippen LogP contribution in [0.3, 0.4) is 0 Å². The Balaban J connectivity index is 1.64. The maximum atomic E-state index is 12.4. The quantitative estimate of drug-likeness (QED) is 0.893. The first-order chi connectivity index (χ1) is 12.6. The van der Waals surface area contributed by atoms with E-state index in [0.717, 1.165) is 5.56 Å². The molecule has 1 amide bonds. The second-order valence-corrected chi connectivity index (χ2v) is 6.19. The van der Waals surface area contributed by atoms with Crippen molar-refractivity contribution in [2.45, 2.75) is 5.92 Å². The van der Waals surface area contributed by atoms with Crippen molar-refractivity contribution in [3.8, 4) is 11.8 Å². The molecule has 2 unspecified atom stereocenters. The summed E-state index contributed by atoms with van der Waals surface area (Å²) in [6, 6.07) is 17.9. The molecule has 1 saturated heterocycles. The smallest absolute Gasteiger partial charge is 0.308 e. The van der Waals surface area contributed by atoms with Crippen LogP contribution < -0.4 is 4.74 Å². The number of ether oxygens (including phenoxy) is 1. The van der Waals surface area contributed by atoms with Gasteiger partial charge in [-0.05, 0) is 29.8 Å². The number of benzene rings is 2. The van der Waals surface area contributed by atoms with Crippen LogP contribution in [-0.4, -0.2) is 41.6 Å². The molecule has 1 aliphatic rings. The van der Waals surface area contributed by atoms with E-state index < -0.39 is 11.9 Å². The zero-order valence-electron chi connectivity index (χ0n) is 14.0. The first kappa shape index (κ1) is 17.5. The molecule has 1 aliphatic heterocycles. The number of aliphatic carboxylic acids is 1. The van der Waals surface area contributed by atoms with Gasteiger partial charge < -0.3 is 14.7 Å². The fraction of sp³-hybridized carbons (Fsp3) is 0.250. The molecule has 1 heterocycles. The SMILES string of the molecule is N#Cc1ccc(OCC(=O)N2CC(C(=O)O)C(c3ccccc3)C2)cc1. The zero-order chi connectivity index (χ0) is 18.5. The summed E-state index contributed by atoms with van der Waals surface area (Å²) in [5.41, 5.74) is 1.43. The van der Waals surface area contributed by atoms with E-state index in [1.807, 2.05) is 36.4 Å². The van der Waals surface area contributed by atoms with Crippen molar-refractivity contribution in [2.24, 2.45) is 5.92 Å². The molecule has 3 rings (SSSR count). The molecule has 0 saturated carbocycles. The van der Waals surface area contributed by atoms with Gasteiger partial charge in [-0.15, -0.1) is 0 Å². The number of nitriles is 1. The van der Waals surface area contributed by atoms with Crippen LogP contribution in [0.4, 0.5) is 0 Å². The Morgan fingerprint density at radius 2 is 1.81 bits per heavy atom. The summed E-state index contributed by atoms with van der Waals surface area (Å²) in [6.45, 7) is 0.362. The molecule has 2 atom stereocenters. The summed E-state index contributed by atoms with van der Waals surface area (Å²) < 4.78 is 5.47. The third kappa shape index (κ3) is 3.83. The van der Waals surface area contributed by atoms with Gasteiger partial charge in [-0.2, -0.15) is 5.26 Å². The molecule has 0 aliphatic carbocycles. The topological polar surface area (TPSA) is 90.6 Å². The Morgan fingerprint density at radius 3 is 2.42 bits per heavy atom. The van der Waals surface area contributed by atoms with E-state index in [9.17, 15) is 14.7 Å². The highest BCUT2D eigenvalue weighted by atomic mass is 16.5. The molecule has 0 bridgehead atoms. The standard InChI is InChI=1S/C20H18N2O4/c21-10-14-6-8-16(9-7-14)26-13-19(23)22-11-17(18(12-22)20(24)25)15-4-2-1-3-5-15/h1-9,17-18H,11-13H2,(H,24,25). The van der Waals surface area contributed by atoms with Gasteiger partial charge in [0.1, 0.15) is 5.75 Å². The van der Waals surface area contributed by atoms with Gasteiger partial charge in [0.2, 0.25) is 0 Å². The minimum Gasteiger partial charge on any atom is -0.484 e. The van der Waals surface area contributed by atoms with Crippen molar-refractivity contribution < 1.29 is 19.4 Å². The minimum atomic E-state index is -0.901. The fourth-order valence-electron chi connectivity index (χ4n) is 3.16. The van der Waals surface area contributed by atoms with Crippen LogP contribution >= 0.6 is 0 Å². The number of rotatable bonds is 5. The van der Waals surface area contributed by atoms with Crippen LogP contribution in [0, 0.1) is 17.2 Å². The molecule has 2 aromatic rings. The molecule has 0 radical (unpaired) electrons. The van der Waals surface area contributed by atoms with Crippen LogP contribution in [-0.2, 0) is 9.59 Å². The summed E-state index contributed by atoms with van der Waals surface area (Å²) in [5.74, 6) is -1.52. The van der Waals surface area contributed by atoms with Crippen molar-refractivity contribution in [3.05, 3.63) is 65.7 Å². The second-order valence-electron chi connectivity index (χ2n) is 6.19. The lowest BCUT2D eigenvalue weighted by Crippen LogP contribution is -2.33. The van der Waals surface area contributed by atoms with Gasteiger partial charge in [0.05, 0.1) is 17.6 Å². The van der Waals surface area contributed by atoms with Gasteiger partial charge >= 0.3 is 5.97 Å². The van der Waals surface area contributed by atoms with Crippen molar-refractivity contribution in [3.63, 3.8) is 0 Å². The van der Waals surface area contributed by atoms with Gasteiger partial charge in [0.25, 0.3) is 5.91 Å². The number of carbonyl (C=O) groups is 2. The molecular formula is C20H18N2O4. The first-order valence-corrected chi connectivity index (χ1v) is 8.27. The van der Waals surface area contributed by atoms with E-state index in [2.05, 4.69) is 0 Å². The Morgan fingerprint density at radius 1 is 1.12 bits per heavy atom. The average molecular weight is 350 g/mol. The monoisotopic (exact) mass is 350 g/mol. The van der Waals surface area contributed by atoms with E-state index in [0.29, 0.717) is 17.9 Å². The van der Waals surface area contributed by atoms with Gasteiger partial charge in [-0.25, -0.2) is 0 Å². The van der Waals surface area contributed by atoms with Crippen molar-refractivity contribution in [1.82, 2.24) is 4.90 Å². The highest BCUT2D eigenvalue weighted by Crippen LogP contribution is 2.33. The van der Waals surface area contributed by atoms with E-state index in [-0.39, 0.29) is 25.0 Å². The number of hydrogen-bond acceptors (Lipinski definition) is 4. The Hall–Kier alpha value is -3.33. The second kappa shape index (κ2) is 7.70. The van der Waals surface area contributed by atoms with Crippen LogP contribution in [0.1, 0.15) is 17.0 Å². The Labute approximate surface area is 151 Å². The van der Waals surface area contributed by atoms with E-state index in [1.165, 1.54) is 0 Å². The largest absolute Gasteiger partial charge is 0.484 e. The number of hydrogen-bond donors (Lipinski definition) is 1. The van der Waals surface area contributed by atoms with E-state index in [4.69, 9.17) is 10.00 Å². The molecule has 2 aromatic carbocycles. The highest BCUT2D eigenvalue weighted by Gasteiger charge is 2.40. The van der Waals surface area contributed by atoms with Crippen molar-refractivity contribution in [2.75, 3.05) is 19.7 Å². The molecule has 6 heteroatoms. The van der Waals surface area contributed by atoms with Crippen molar-refractivity contribution >= 4 is 11.9 Å². The maximum Gasteiger partial charge on any atom is 0.308 e. The van der Waals surface area contributed by atoms with E-state index in [1.54, 1.807) is 29.2 Å². The summed E-state index contributed by atoms with van der Waals surface area (Å²) in [5, 5.41) is 18.3. The van der Waals surface area contributed by atoms with Gasteiger partial charge in [-0.3, -0.25) is 9.59 Å². The molecule has 6 nitrogen and oxygen atoms in total. The van der Waals surface area contributed by atoms with Crippen LogP contribution in [0.2, 0.25) is 0 Å². The summed E-state index contributed by atoms with van der Waals surface area (Å²) in [7, 11) is 0. The normalized spacial score (nSPS) is 19.0. The third-order valence-corrected chi connectivity index (χ3v) is 4.56. The predicted molar refractivity (Wildman–Crippen MR) is 93.5 cm³/mol. The average Bonchev–Trinajstić information content (AvgIpc) is 3.13. The van der Waals surface area contributed by atoms with Gasteiger partial charge in [0.15, 0.2) is 6.61 Å². The molecule has 26 heavy (non-hydrogen) atoms. The third-order valence-electron chi connectivity index (χ3n) is 4.56. The number of nitrogens with zero attached hydrogens (tertiary/aromatic N) is 2. The number of carbonyl (C=O) groups excluding carboxylic acids is 1. The fourth-order valence-corrected chi connectivity index (χ4v) is 3.16. The number of amides is 1. The molecule has 0 spiro atoms. The summed E-state index contributed by atoms with van der Waals surface area (Å²) in [4.78, 5) is 25.6. The summed E-state index contributed by atoms with van der Waals surface area (Å²) in [6.07, 6.45) is 0. The Bertz CT molecular complexity index is 827. The first-order valence-electron chi connectivity index (χ1n) is 8.27. The molecular weight excluding hydrogens is 332 g/mol. The molecule has 1 fully saturated rings. The lowest BCUT2D eigenvalue weighted by molar-refractivity contribution is -0.142. The Kier molecular flexibility index (Phi) is 5.18. The number of carboxylic acids is 1. The van der Waals surface area contributed by atoms with Gasteiger partial charge in [-0.1, -0.05) is 30.3 Å².